The third-order valence-electron chi connectivity index (χ3n) is 3.54. The highest BCUT2D eigenvalue weighted by Crippen LogP contribution is 2.20. The van der Waals surface area contributed by atoms with Crippen LogP contribution in [0.5, 0.6) is 0 Å². The zero-order chi connectivity index (χ0) is 14.1. The molecule has 1 N–H and O–H groups in total. The second-order valence-corrected chi connectivity index (χ2v) is 4.76. The maximum Gasteiger partial charge on any atom is 0.336 e. The third-order valence-corrected chi connectivity index (χ3v) is 3.54. The first-order valence-electron chi connectivity index (χ1n) is 6.44. The standard InChI is InChI=1S/C15H15N3O2/c1-17-10-7-16-14(17)6-9-18-8-5-11-12(15(19)20)3-2-4-13(11)18/h2-5,7-8,10H,6,9H2,1H3,(H,19,20). The van der Waals surface area contributed by atoms with Gasteiger partial charge in [0.15, 0.2) is 0 Å². The first kappa shape index (κ1) is 12.5. The molecular formula is C15H15N3O2. The van der Waals surface area contributed by atoms with Gasteiger partial charge in [0.05, 0.1) is 5.56 Å². The summed E-state index contributed by atoms with van der Waals surface area (Å²) in [4.78, 5) is 15.5. The predicted molar refractivity (Wildman–Crippen MR) is 75.8 cm³/mol. The SMILES string of the molecule is Cn1ccnc1CCn1ccc2c(C(=O)O)cccc21. The summed E-state index contributed by atoms with van der Waals surface area (Å²) in [5, 5.41) is 9.96. The number of rotatable bonds is 4. The minimum atomic E-state index is -0.891. The second kappa shape index (κ2) is 4.85. The number of aromatic carboxylic acids is 1. The van der Waals surface area contributed by atoms with E-state index in [0.717, 1.165) is 29.7 Å². The lowest BCUT2D eigenvalue weighted by molar-refractivity contribution is 0.0699. The fourth-order valence-electron chi connectivity index (χ4n) is 2.46. The van der Waals surface area contributed by atoms with E-state index in [4.69, 9.17) is 0 Å². The van der Waals surface area contributed by atoms with Crippen LogP contribution in [0.4, 0.5) is 0 Å². The maximum atomic E-state index is 11.2. The van der Waals surface area contributed by atoms with Crippen molar-refractivity contribution in [3.8, 4) is 0 Å². The number of aryl methyl sites for hydroxylation is 3. The van der Waals surface area contributed by atoms with Crippen molar-refractivity contribution in [3.63, 3.8) is 0 Å². The molecule has 0 unspecified atom stereocenters. The summed E-state index contributed by atoms with van der Waals surface area (Å²) in [7, 11) is 1.97. The van der Waals surface area contributed by atoms with Crippen molar-refractivity contribution in [2.75, 3.05) is 0 Å². The summed E-state index contributed by atoms with van der Waals surface area (Å²) in [5.41, 5.74) is 1.29. The predicted octanol–water partition coefficient (Wildman–Crippen LogP) is 2.32. The number of carbonyl (C=O) groups is 1. The van der Waals surface area contributed by atoms with Gasteiger partial charge in [-0.05, 0) is 18.2 Å². The molecule has 102 valence electrons. The summed E-state index contributed by atoms with van der Waals surface area (Å²) in [6.07, 6.45) is 6.45. The molecular weight excluding hydrogens is 254 g/mol. The van der Waals surface area contributed by atoms with E-state index in [9.17, 15) is 9.90 Å². The Kier molecular flexibility index (Phi) is 3.02. The lowest BCUT2D eigenvalue weighted by atomic mass is 10.1. The van der Waals surface area contributed by atoms with Crippen LogP contribution < -0.4 is 0 Å². The number of benzene rings is 1. The van der Waals surface area contributed by atoms with E-state index in [1.807, 2.05) is 36.1 Å². The van der Waals surface area contributed by atoms with Gasteiger partial charge in [0.2, 0.25) is 0 Å². The Morgan fingerprint density at radius 1 is 1.30 bits per heavy atom. The topological polar surface area (TPSA) is 60.0 Å². The molecule has 5 nitrogen and oxygen atoms in total. The monoisotopic (exact) mass is 269 g/mol. The zero-order valence-electron chi connectivity index (χ0n) is 11.2. The van der Waals surface area contributed by atoms with Gasteiger partial charge in [-0.1, -0.05) is 6.07 Å². The van der Waals surface area contributed by atoms with Crippen molar-refractivity contribution in [2.45, 2.75) is 13.0 Å². The molecule has 2 aromatic heterocycles. The fourth-order valence-corrected chi connectivity index (χ4v) is 2.46. The lowest BCUT2D eigenvalue weighted by Crippen LogP contribution is -2.05. The highest BCUT2D eigenvalue weighted by Gasteiger charge is 2.11. The molecule has 0 bridgehead atoms. The quantitative estimate of drug-likeness (QED) is 0.790. The number of imidazole rings is 1. The Bertz CT molecular complexity index is 770. The molecule has 0 fully saturated rings. The highest BCUT2D eigenvalue weighted by molar-refractivity contribution is 6.02. The van der Waals surface area contributed by atoms with E-state index in [0.29, 0.717) is 5.56 Å². The molecule has 2 heterocycles. The van der Waals surface area contributed by atoms with Gasteiger partial charge in [0.25, 0.3) is 0 Å². The van der Waals surface area contributed by atoms with Gasteiger partial charge in [-0.3, -0.25) is 0 Å². The van der Waals surface area contributed by atoms with Gasteiger partial charge in [-0.25, -0.2) is 9.78 Å². The fraction of sp³-hybridized carbons (Fsp3) is 0.200. The van der Waals surface area contributed by atoms with E-state index in [-0.39, 0.29) is 0 Å². The van der Waals surface area contributed by atoms with Crippen LogP contribution in [0.1, 0.15) is 16.2 Å². The molecule has 0 saturated carbocycles. The average Bonchev–Trinajstić information content (AvgIpc) is 3.02. The molecule has 0 radical (unpaired) electrons. The molecule has 5 heteroatoms. The minimum Gasteiger partial charge on any atom is -0.478 e. The van der Waals surface area contributed by atoms with E-state index in [2.05, 4.69) is 9.55 Å². The summed E-state index contributed by atoms with van der Waals surface area (Å²) >= 11 is 0. The normalized spacial score (nSPS) is 11.1. The minimum absolute atomic E-state index is 0.346. The van der Waals surface area contributed by atoms with E-state index in [1.54, 1.807) is 18.3 Å². The Morgan fingerprint density at radius 2 is 2.15 bits per heavy atom. The number of carboxylic acids is 1. The van der Waals surface area contributed by atoms with Gasteiger partial charge in [0, 0.05) is 49.5 Å². The molecule has 0 aliphatic heterocycles. The highest BCUT2D eigenvalue weighted by atomic mass is 16.4. The van der Waals surface area contributed by atoms with Crippen LogP contribution in [-0.2, 0) is 20.0 Å². The van der Waals surface area contributed by atoms with Crippen LogP contribution in [0.2, 0.25) is 0 Å². The van der Waals surface area contributed by atoms with Crippen LogP contribution >= 0.6 is 0 Å². The average molecular weight is 269 g/mol. The van der Waals surface area contributed by atoms with E-state index in [1.165, 1.54) is 0 Å². The number of nitrogens with zero attached hydrogens (tertiary/aromatic N) is 3. The lowest BCUT2D eigenvalue weighted by Gasteiger charge is -2.06. The number of fused-ring (bicyclic) bond motifs is 1. The number of aromatic nitrogens is 3. The molecule has 0 aliphatic carbocycles. The van der Waals surface area contributed by atoms with Crippen molar-refractivity contribution in [3.05, 3.63) is 54.2 Å². The van der Waals surface area contributed by atoms with Crippen LogP contribution in [0, 0.1) is 0 Å². The number of hydrogen-bond acceptors (Lipinski definition) is 2. The Morgan fingerprint density at radius 3 is 2.85 bits per heavy atom. The van der Waals surface area contributed by atoms with Crippen molar-refractivity contribution in [2.24, 2.45) is 7.05 Å². The summed E-state index contributed by atoms with van der Waals surface area (Å²) in [5.74, 6) is 0.124. The Labute approximate surface area is 116 Å². The van der Waals surface area contributed by atoms with Crippen molar-refractivity contribution in [1.82, 2.24) is 14.1 Å². The van der Waals surface area contributed by atoms with Crippen molar-refractivity contribution >= 4 is 16.9 Å². The Balaban J connectivity index is 1.91. The molecule has 0 atom stereocenters. The molecule has 3 aromatic rings. The van der Waals surface area contributed by atoms with Gasteiger partial charge < -0.3 is 14.2 Å². The largest absolute Gasteiger partial charge is 0.478 e. The smallest absolute Gasteiger partial charge is 0.336 e. The van der Waals surface area contributed by atoms with Crippen LogP contribution in [-0.4, -0.2) is 25.2 Å². The number of hydrogen-bond donors (Lipinski definition) is 1. The molecule has 20 heavy (non-hydrogen) atoms. The summed E-state index contributed by atoms with van der Waals surface area (Å²) < 4.78 is 4.06. The third kappa shape index (κ3) is 2.07. The molecule has 1 aromatic carbocycles. The first-order chi connectivity index (χ1) is 9.66. The van der Waals surface area contributed by atoms with Crippen LogP contribution in [0.15, 0.2) is 42.9 Å². The second-order valence-electron chi connectivity index (χ2n) is 4.76. The zero-order valence-corrected chi connectivity index (χ0v) is 11.2. The summed E-state index contributed by atoms with van der Waals surface area (Å²) in [6, 6.07) is 7.22. The molecule has 0 aliphatic rings. The Hall–Kier alpha value is -2.56. The summed E-state index contributed by atoms with van der Waals surface area (Å²) in [6.45, 7) is 0.775. The van der Waals surface area contributed by atoms with Crippen molar-refractivity contribution in [1.29, 1.82) is 0 Å². The van der Waals surface area contributed by atoms with Crippen LogP contribution in [0.25, 0.3) is 10.9 Å². The molecule has 0 amide bonds. The van der Waals surface area contributed by atoms with Gasteiger partial charge in [-0.15, -0.1) is 0 Å². The van der Waals surface area contributed by atoms with E-state index >= 15 is 0 Å². The van der Waals surface area contributed by atoms with Crippen molar-refractivity contribution < 1.29 is 9.90 Å². The maximum absolute atomic E-state index is 11.2. The van der Waals surface area contributed by atoms with Gasteiger partial charge >= 0.3 is 5.97 Å². The van der Waals surface area contributed by atoms with E-state index < -0.39 is 5.97 Å². The molecule has 0 saturated heterocycles. The van der Waals surface area contributed by atoms with Gasteiger partial charge in [0.1, 0.15) is 5.82 Å². The molecule has 0 spiro atoms. The first-order valence-corrected chi connectivity index (χ1v) is 6.44. The number of carboxylic acid groups (broad SMARTS) is 1. The van der Waals surface area contributed by atoms with Gasteiger partial charge in [-0.2, -0.15) is 0 Å². The van der Waals surface area contributed by atoms with Crippen LogP contribution in [0.3, 0.4) is 0 Å². The molecule has 3 rings (SSSR count).